The molecule has 1 aliphatic rings. The topological polar surface area (TPSA) is 73.7 Å². The number of aromatic nitrogens is 1. The number of anilines is 1. The second-order valence-electron chi connectivity index (χ2n) is 5.71. The first-order chi connectivity index (χ1) is 9.90. The molecule has 1 aromatic rings. The first-order valence-electron chi connectivity index (χ1n) is 7.07. The summed E-state index contributed by atoms with van der Waals surface area (Å²) in [5.74, 6) is -0.405. The minimum atomic E-state index is -0.772. The van der Waals surface area contributed by atoms with Crippen LogP contribution in [0.5, 0.6) is 0 Å². The van der Waals surface area contributed by atoms with Crippen LogP contribution in [-0.2, 0) is 4.79 Å². The second-order valence-corrected chi connectivity index (χ2v) is 5.71. The number of carboxylic acid groups (broad SMARTS) is 1. The highest BCUT2D eigenvalue weighted by molar-refractivity contribution is 5.94. The Labute approximate surface area is 124 Å². The van der Waals surface area contributed by atoms with Crippen molar-refractivity contribution in [3.8, 4) is 0 Å². The Morgan fingerprint density at radius 1 is 1.38 bits per heavy atom. The van der Waals surface area contributed by atoms with Gasteiger partial charge in [0.15, 0.2) is 0 Å². The smallest absolute Gasteiger partial charge is 0.306 e. The molecule has 2 heterocycles. The first-order valence-corrected chi connectivity index (χ1v) is 7.07. The molecule has 1 fully saturated rings. The maximum absolute atomic E-state index is 12.5. The Balaban J connectivity index is 2.08. The molecule has 2 unspecified atom stereocenters. The summed E-state index contributed by atoms with van der Waals surface area (Å²) in [6, 6.07) is 3.50. The number of pyridine rings is 1. The number of aliphatic carboxylic acids is 1. The standard InChI is InChI=1S/C15H21N3O3/c1-10-8-11(15(20)21)6-7-18(10)14(19)12-4-5-13(16-9-12)17(2)3/h4-5,9-11H,6-8H2,1-3H3,(H,20,21). The van der Waals surface area contributed by atoms with Crippen LogP contribution < -0.4 is 4.90 Å². The van der Waals surface area contributed by atoms with Gasteiger partial charge < -0.3 is 14.9 Å². The average molecular weight is 291 g/mol. The van der Waals surface area contributed by atoms with Gasteiger partial charge in [-0.15, -0.1) is 0 Å². The van der Waals surface area contributed by atoms with Gasteiger partial charge in [-0.05, 0) is 31.9 Å². The monoisotopic (exact) mass is 291 g/mol. The fourth-order valence-corrected chi connectivity index (χ4v) is 2.64. The molecule has 114 valence electrons. The number of amides is 1. The number of hydrogen-bond donors (Lipinski definition) is 1. The molecule has 1 saturated heterocycles. The van der Waals surface area contributed by atoms with Crippen molar-refractivity contribution in [2.24, 2.45) is 5.92 Å². The van der Waals surface area contributed by atoms with E-state index in [0.29, 0.717) is 24.9 Å². The number of carbonyl (C=O) groups excluding carboxylic acids is 1. The Hall–Kier alpha value is -2.11. The van der Waals surface area contributed by atoms with Crippen LogP contribution in [0.4, 0.5) is 5.82 Å². The number of likely N-dealkylation sites (tertiary alicyclic amines) is 1. The molecular weight excluding hydrogens is 270 g/mol. The summed E-state index contributed by atoms with van der Waals surface area (Å²) >= 11 is 0. The molecule has 0 bridgehead atoms. The van der Waals surface area contributed by atoms with E-state index in [1.807, 2.05) is 32.0 Å². The summed E-state index contributed by atoms with van der Waals surface area (Å²) < 4.78 is 0. The molecule has 1 N–H and O–H groups in total. The molecule has 6 heteroatoms. The van der Waals surface area contributed by atoms with E-state index in [-0.39, 0.29) is 17.9 Å². The summed E-state index contributed by atoms with van der Waals surface area (Å²) in [5, 5.41) is 9.06. The maximum atomic E-state index is 12.5. The average Bonchev–Trinajstić information content (AvgIpc) is 2.46. The third-order valence-corrected chi connectivity index (χ3v) is 3.94. The largest absolute Gasteiger partial charge is 0.481 e. The quantitative estimate of drug-likeness (QED) is 0.913. The molecule has 2 atom stereocenters. The molecular formula is C15H21N3O3. The lowest BCUT2D eigenvalue weighted by atomic mass is 9.91. The molecule has 1 aliphatic heterocycles. The van der Waals surface area contributed by atoms with E-state index in [9.17, 15) is 9.59 Å². The molecule has 0 aromatic carbocycles. The summed E-state index contributed by atoms with van der Waals surface area (Å²) in [6.45, 7) is 2.38. The molecule has 0 radical (unpaired) electrons. The van der Waals surface area contributed by atoms with Gasteiger partial charge in [0.05, 0.1) is 11.5 Å². The van der Waals surface area contributed by atoms with Crippen LogP contribution >= 0.6 is 0 Å². The van der Waals surface area contributed by atoms with E-state index in [1.165, 1.54) is 0 Å². The molecule has 0 aliphatic carbocycles. The van der Waals surface area contributed by atoms with E-state index in [4.69, 9.17) is 5.11 Å². The van der Waals surface area contributed by atoms with Crippen molar-refractivity contribution in [3.05, 3.63) is 23.9 Å². The fourth-order valence-electron chi connectivity index (χ4n) is 2.64. The van der Waals surface area contributed by atoms with Gasteiger partial charge in [0.2, 0.25) is 0 Å². The molecule has 21 heavy (non-hydrogen) atoms. The fraction of sp³-hybridized carbons (Fsp3) is 0.533. The third-order valence-electron chi connectivity index (χ3n) is 3.94. The predicted octanol–water partition coefficient (Wildman–Crippen LogP) is 1.47. The lowest BCUT2D eigenvalue weighted by Crippen LogP contribution is -2.46. The summed E-state index contributed by atoms with van der Waals surface area (Å²) in [4.78, 5) is 31.4. The zero-order valence-corrected chi connectivity index (χ0v) is 12.6. The second kappa shape index (κ2) is 6.11. The van der Waals surface area contributed by atoms with Crippen molar-refractivity contribution in [3.63, 3.8) is 0 Å². The third kappa shape index (κ3) is 3.32. The van der Waals surface area contributed by atoms with Gasteiger partial charge in [0.1, 0.15) is 5.82 Å². The number of piperidine rings is 1. The number of carbonyl (C=O) groups is 2. The van der Waals surface area contributed by atoms with E-state index in [0.717, 1.165) is 5.82 Å². The van der Waals surface area contributed by atoms with Crippen LogP contribution in [0.25, 0.3) is 0 Å². The highest BCUT2D eigenvalue weighted by atomic mass is 16.4. The van der Waals surface area contributed by atoms with Gasteiger partial charge >= 0.3 is 5.97 Å². The minimum absolute atomic E-state index is 0.0686. The maximum Gasteiger partial charge on any atom is 0.306 e. The van der Waals surface area contributed by atoms with Gasteiger partial charge in [-0.25, -0.2) is 4.98 Å². The highest BCUT2D eigenvalue weighted by Gasteiger charge is 2.32. The number of hydrogen-bond acceptors (Lipinski definition) is 4. The van der Waals surface area contributed by atoms with E-state index < -0.39 is 5.97 Å². The van der Waals surface area contributed by atoms with Crippen molar-refractivity contribution >= 4 is 17.7 Å². The zero-order valence-electron chi connectivity index (χ0n) is 12.6. The Morgan fingerprint density at radius 3 is 2.57 bits per heavy atom. The van der Waals surface area contributed by atoms with E-state index >= 15 is 0 Å². The molecule has 2 rings (SSSR count). The van der Waals surface area contributed by atoms with Crippen molar-refractivity contribution in [2.45, 2.75) is 25.8 Å². The summed E-state index contributed by atoms with van der Waals surface area (Å²) in [6.07, 6.45) is 2.59. The van der Waals surface area contributed by atoms with Crippen LogP contribution in [0, 0.1) is 5.92 Å². The number of nitrogens with zero attached hydrogens (tertiary/aromatic N) is 3. The SMILES string of the molecule is CC1CC(C(=O)O)CCN1C(=O)c1ccc(N(C)C)nc1. The van der Waals surface area contributed by atoms with Crippen LogP contribution in [0.1, 0.15) is 30.1 Å². The Morgan fingerprint density at radius 2 is 2.10 bits per heavy atom. The normalized spacial score (nSPS) is 22.0. The van der Waals surface area contributed by atoms with Crippen LogP contribution in [0.15, 0.2) is 18.3 Å². The molecule has 1 aromatic heterocycles. The van der Waals surface area contributed by atoms with Crippen molar-refractivity contribution in [2.75, 3.05) is 25.5 Å². The van der Waals surface area contributed by atoms with Gasteiger partial charge in [0, 0.05) is 32.9 Å². The lowest BCUT2D eigenvalue weighted by Gasteiger charge is -2.36. The Kier molecular flexibility index (Phi) is 4.45. The number of carboxylic acids is 1. The van der Waals surface area contributed by atoms with Gasteiger partial charge in [0.25, 0.3) is 5.91 Å². The highest BCUT2D eigenvalue weighted by Crippen LogP contribution is 2.24. The number of rotatable bonds is 3. The molecule has 0 spiro atoms. The lowest BCUT2D eigenvalue weighted by molar-refractivity contribution is -0.143. The molecule has 1 amide bonds. The minimum Gasteiger partial charge on any atom is -0.481 e. The molecule has 6 nitrogen and oxygen atoms in total. The predicted molar refractivity (Wildman–Crippen MR) is 79.4 cm³/mol. The summed E-state index contributed by atoms with van der Waals surface area (Å²) in [7, 11) is 3.78. The van der Waals surface area contributed by atoms with Gasteiger partial charge in [-0.2, -0.15) is 0 Å². The first kappa shape index (κ1) is 15.3. The van der Waals surface area contributed by atoms with Gasteiger partial charge in [-0.3, -0.25) is 9.59 Å². The van der Waals surface area contributed by atoms with Crippen LogP contribution in [-0.4, -0.2) is 53.5 Å². The van der Waals surface area contributed by atoms with Crippen molar-refractivity contribution in [1.82, 2.24) is 9.88 Å². The van der Waals surface area contributed by atoms with Crippen molar-refractivity contribution in [1.29, 1.82) is 0 Å². The van der Waals surface area contributed by atoms with E-state index in [1.54, 1.807) is 17.2 Å². The Bertz CT molecular complexity index is 527. The van der Waals surface area contributed by atoms with Crippen LogP contribution in [0.2, 0.25) is 0 Å². The van der Waals surface area contributed by atoms with E-state index in [2.05, 4.69) is 4.98 Å². The van der Waals surface area contributed by atoms with Crippen LogP contribution in [0.3, 0.4) is 0 Å². The van der Waals surface area contributed by atoms with Crippen molar-refractivity contribution < 1.29 is 14.7 Å². The van der Waals surface area contributed by atoms with Gasteiger partial charge in [-0.1, -0.05) is 0 Å². The zero-order chi connectivity index (χ0) is 15.6. The molecule has 0 saturated carbocycles. The summed E-state index contributed by atoms with van der Waals surface area (Å²) in [5.41, 5.74) is 0.543.